The van der Waals surface area contributed by atoms with E-state index in [9.17, 15) is 0 Å². The Morgan fingerprint density at radius 2 is 2.29 bits per heavy atom. The average Bonchev–Trinajstić information content (AvgIpc) is 3.08. The lowest BCUT2D eigenvalue weighted by Gasteiger charge is -2.24. The number of halogens is 1. The van der Waals surface area contributed by atoms with E-state index >= 15 is 0 Å². The lowest BCUT2D eigenvalue weighted by molar-refractivity contribution is 0.0264. The fraction of sp³-hybridized carbons (Fsp3) is 0.750. The maximum atomic E-state index is 6.32. The molecule has 0 bridgehead atoms. The van der Waals surface area contributed by atoms with Gasteiger partial charge < -0.3 is 10.5 Å². The van der Waals surface area contributed by atoms with Crippen molar-refractivity contribution in [3.63, 3.8) is 0 Å². The summed E-state index contributed by atoms with van der Waals surface area (Å²) in [6.45, 7) is 5.50. The highest BCUT2D eigenvalue weighted by Gasteiger charge is 2.38. The van der Waals surface area contributed by atoms with E-state index in [2.05, 4.69) is 5.10 Å². The first-order valence-electron chi connectivity index (χ1n) is 6.27. The standard InChI is InChI=1S/C12H20ClN3O/c1-3-16-11(9(13)7-15-16)10(14)12(17-4-2)8-5-6-8/h7-8,10,12H,3-6,14H2,1-2H3. The van der Waals surface area contributed by atoms with E-state index < -0.39 is 0 Å². The van der Waals surface area contributed by atoms with Crippen LogP contribution in [0, 0.1) is 5.92 Å². The Labute approximate surface area is 107 Å². The molecular weight excluding hydrogens is 238 g/mol. The van der Waals surface area contributed by atoms with Gasteiger partial charge in [-0.2, -0.15) is 5.10 Å². The zero-order valence-corrected chi connectivity index (χ0v) is 11.2. The van der Waals surface area contributed by atoms with Crippen LogP contribution in [0.5, 0.6) is 0 Å². The summed E-state index contributed by atoms with van der Waals surface area (Å²) in [6.07, 6.45) is 4.14. The molecule has 5 heteroatoms. The van der Waals surface area contributed by atoms with Gasteiger partial charge in [0.25, 0.3) is 0 Å². The molecule has 0 saturated heterocycles. The summed E-state index contributed by atoms with van der Waals surface area (Å²) >= 11 is 6.17. The number of ether oxygens (including phenoxy) is 1. The van der Waals surface area contributed by atoms with Crippen LogP contribution < -0.4 is 5.73 Å². The highest BCUT2D eigenvalue weighted by atomic mass is 35.5. The zero-order valence-electron chi connectivity index (χ0n) is 10.4. The number of hydrogen-bond acceptors (Lipinski definition) is 3. The van der Waals surface area contributed by atoms with Gasteiger partial charge in [-0.15, -0.1) is 0 Å². The topological polar surface area (TPSA) is 53.1 Å². The van der Waals surface area contributed by atoms with Gasteiger partial charge in [-0.1, -0.05) is 11.6 Å². The van der Waals surface area contributed by atoms with Gasteiger partial charge in [0.05, 0.1) is 29.1 Å². The molecule has 0 spiro atoms. The first kappa shape index (κ1) is 12.9. The predicted molar refractivity (Wildman–Crippen MR) is 68.0 cm³/mol. The van der Waals surface area contributed by atoms with Crippen LogP contribution in [0.15, 0.2) is 6.20 Å². The molecule has 2 rings (SSSR count). The van der Waals surface area contributed by atoms with E-state index in [1.165, 1.54) is 12.8 Å². The molecule has 96 valence electrons. The maximum Gasteiger partial charge on any atom is 0.0835 e. The molecule has 2 atom stereocenters. The van der Waals surface area contributed by atoms with Gasteiger partial charge in [0, 0.05) is 13.2 Å². The summed E-state index contributed by atoms with van der Waals surface area (Å²) in [5.41, 5.74) is 7.22. The van der Waals surface area contributed by atoms with Crippen LogP contribution in [0.25, 0.3) is 0 Å². The molecule has 0 amide bonds. The molecule has 1 aromatic rings. The smallest absolute Gasteiger partial charge is 0.0835 e. The second-order valence-corrected chi connectivity index (χ2v) is 4.88. The molecule has 0 aromatic carbocycles. The number of aromatic nitrogens is 2. The van der Waals surface area contributed by atoms with Crippen molar-refractivity contribution in [2.24, 2.45) is 11.7 Å². The molecule has 0 aliphatic heterocycles. The Morgan fingerprint density at radius 1 is 1.59 bits per heavy atom. The van der Waals surface area contributed by atoms with Crippen molar-refractivity contribution in [2.75, 3.05) is 6.61 Å². The lowest BCUT2D eigenvalue weighted by atomic mass is 10.0. The highest BCUT2D eigenvalue weighted by molar-refractivity contribution is 6.31. The van der Waals surface area contributed by atoms with Gasteiger partial charge >= 0.3 is 0 Å². The fourth-order valence-electron chi connectivity index (χ4n) is 2.26. The van der Waals surface area contributed by atoms with Gasteiger partial charge in [0.2, 0.25) is 0 Å². The van der Waals surface area contributed by atoms with Crippen molar-refractivity contribution >= 4 is 11.6 Å². The van der Waals surface area contributed by atoms with Crippen molar-refractivity contribution in [2.45, 2.75) is 45.4 Å². The van der Waals surface area contributed by atoms with Crippen LogP contribution >= 0.6 is 11.6 Å². The summed E-state index contributed by atoms with van der Waals surface area (Å²) in [5.74, 6) is 0.584. The largest absolute Gasteiger partial charge is 0.376 e. The second-order valence-electron chi connectivity index (χ2n) is 4.48. The van der Waals surface area contributed by atoms with Crippen LogP contribution in [0.1, 0.15) is 38.4 Å². The normalized spacial score (nSPS) is 19.3. The Balaban J connectivity index is 2.21. The summed E-state index contributed by atoms with van der Waals surface area (Å²) in [7, 11) is 0. The van der Waals surface area contributed by atoms with Crippen molar-refractivity contribution in [3.8, 4) is 0 Å². The van der Waals surface area contributed by atoms with Crippen LogP contribution in [0.3, 0.4) is 0 Å². The van der Waals surface area contributed by atoms with Gasteiger partial charge in [-0.05, 0) is 32.6 Å². The van der Waals surface area contributed by atoms with E-state index in [1.54, 1.807) is 6.20 Å². The minimum Gasteiger partial charge on any atom is -0.376 e. The molecule has 2 unspecified atom stereocenters. The monoisotopic (exact) mass is 257 g/mol. The first-order chi connectivity index (χ1) is 8.19. The lowest BCUT2D eigenvalue weighted by Crippen LogP contribution is -2.33. The Kier molecular flexibility index (Phi) is 4.07. The van der Waals surface area contributed by atoms with Gasteiger partial charge in [-0.25, -0.2) is 0 Å². The minimum atomic E-state index is -0.183. The molecule has 17 heavy (non-hydrogen) atoms. The molecule has 1 aromatic heterocycles. The summed E-state index contributed by atoms with van der Waals surface area (Å²) in [4.78, 5) is 0. The third kappa shape index (κ3) is 2.64. The van der Waals surface area contributed by atoms with Gasteiger partial charge in [-0.3, -0.25) is 4.68 Å². The summed E-state index contributed by atoms with van der Waals surface area (Å²) in [5, 5.41) is 4.87. The number of rotatable bonds is 6. The summed E-state index contributed by atoms with van der Waals surface area (Å²) in [6, 6.07) is -0.183. The molecule has 1 fully saturated rings. The van der Waals surface area contributed by atoms with E-state index in [0.29, 0.717) is 17.5 Å². The average molecular weight is 258 g/mol. The second kappa shape index (κ2) is 5.38. The Hall–Kier alpha value is -0.580. The van der Waals surface area contributed by atoms with Crippen molar-refractivity contribution in [1.82, 2.24) is 9.78 Å². The molecule has 4 nitrogen and oxygen atoms in total. The van der Waals surface area contributed by atoms with Crippen molar-refractivity contribution in [1.29, 1.82) is 0 Å². The minimum absolute atomic E-state index is 0.0690. The van der Waals surface area contributed by atoms with E-state index in [0.717, 1.165) is 12.2 Å². The molecule has 1 aliphatic carbocycles. The van der Waals surface area contributed by atoms with Gasteiger partial charge in [0.1, 0.15) is 0 Å². The van der Waals surface area contributed by atoms with E-state index in [1.807, 2.05) is 18.5 Å². The predicted octanol–water partition coefficient (Wildman–Crippen LogP) is 2.37. The maximum absolute atomic E-state index is 6.32. The van der Waals surface area contributed by atoms with Crippen molar-refractivity contribution < 1.29 is 4.74 Å². The first-order valence-corrected chi connectivity index (χ1v) is 6.65. The quantitative estimate of drug-likeness (QED) is 0.851. The van der Waals surface area contributed by atoms with E-state index in [4.69, 9.17) is 22.1 Å². The van der Waals surface area contributed by atoms with E-state index in [-0.39, 0.29) is 12.1 Å². The molecule has 1 saturated carbocycles. The molecule has 1 aliphatic rings. The molecular formula is C12H20ClN3O. The van der Waals surface area contributed by atoms with Crippen LogP contribution in [-0.4, -0.2) is 22.5 Å². The van der Waals surface area contributed by atoms with Crippen LogP contribution in [-0.2, 0) is 11.3 Å². The molecule has 2 N–H and O–H groups in total. The molecule has 0 radical (unpaired) electrons. The number of nitrogens with two attached hydrogens (primary N) is 1. The van der Waals surface area contributed by atoms with Crippen molar-refractivity contribution in [3.05, 3.63) is 16.9 Å². The third-order valence-electron chi connectivity index (χ3n) is 3.25. The Morgan fingerprint density at radius 3 is 2.82 bits per heavy atom. The van der Waals surface area contributed by atoms with Crippen LogP contribution in [0.4, 0.5) is 0 Å². The highest BCUT2D eigenvalue weighted by Crippen LogP contribution is 2.40. The fourth-order valence-corrected chi connectivity index (χ4v) is 2.53. The van der Waals surface area contributed by atoms with Crippen LogP contribution in [0.2, 0.25) is 5.02 Å². The Bertz CT molecular complexity index is 376. The SMILES string of the molecule is CCOC(C1CC1)C(N)c1c(Cl)cnn1CC. The summed E-state index contributed by atoms with van der Waals surface area (Å²) < 4.78 is 7.64. The van der Waals surface area contributed by atoms with Gasteiger partial charge in [0.15, 0.2) is 0 Å². The zero-order chi connectivity index (χ0) is 12.4. The number of hydrogen-bond donors (Lipinski definition) is 1. The number of nitrogens with zero attached hydrogens (tertiary/aromatic N) is 2. The molecule has 1 heterocycles. The number of aryl methyl sites for hydroxylation is 1. The third-order valence-corrected chi connectivity index (χ3v) is 3.54.